The summed E-state index contributed by atoms with van der Waals surface area (Å²) >= 11 is 0. The molecule has 0 amide bonds. The summed E-state index contributed by atoms with van der Waals surface area (Å²) in [5, 5.41) is 10.4. The van der Waals surface area contributed by atoms with Crippen LogP contribution in [0.15, 0.2) is 18.2 Å². The molecule has 100 valence electrons. The molecule has 0 aromatic heterocycles. The molecule has 0 saturated carbocycles. The van der Waals surface area contributed by atoms with E-state index in [-0.39, 0.29) is 12.0 Å². The summed E-state index contributed by atoms with van der Waals surface area (Å²) in [6, 6.07) is 3.82. The normalized spacial score (nSPS) is 20.0. The first-order valence-corrected chi connectivity index (χ1v) is 6.42. The molecule has 1 aromatic rings. The van der Waals surface area contributed by atoms with E-state index < -0.39 is 17.2 Å². The second-order valence-electron chi connectivity index (χ2n) is 5.04. The maximum Gasteiger partial charge on any atom is 0.129 e. The van der Waals surface area contributed by atoms with Gasteiger partial charge in [0.15, 0.2) is 0 Å². The molecule has 0 aliphatic carbocycles. The molecule has 18 heavy (non-hydrogen) atoms. The highest BCUT2D eigenvalue weighted by atomic mass is 19.1. The van der Waals surface area contributed by atoms with Crippen LogP contribution >= 0.6 is 0 Å². The van der Waals surface area contributed by atoms with Crippen molar-refractivity contribution >= 4 is 0 Å². The van der Waals surface area contributed by atoms with Crippen molar-refractivity contribution < 1.29 is 13.9 Å². The highest BCUT2D eigenvalue weighted by molar-refractivity contribution is 5.22. The van der Waals surface area contributed by atoms with Gasteiger partial charge in [0.05, 0.1) is 5.60 Å². The van der Waals surface area contributed by atoms with E-state index in [4.69, 9.17) is 0 Å². The van der Waals surface area contributed by atoms with Gasteiger partial charge in [-0.25, -0.2) is 8.78 Å². The van der Waals surface area contributed by atoms with Crippen molar-refractivity contribution in [3.05, 3.63) is 35.4 Å². The zero-order valence-corrected chi connectivity index (χ0v) is 10.6. The van der Waals surface area contributed by atoms with E-state index in [0.29, 0.717) is 12.8 Å². The number of nitrogens with zero attached hydrogens (tertiary/aromatic N) is 1. The molecule has 1 fully saturated rings. The lowest BCUT2D eigenvalue weighted by Crippen LogP contribution is -2.45. The number of benzene rings is 1. The quantitative estimate of drug-likeness (QED) is 0.896. The third kappa shape index (κ3) is 2.87. The molecule has 4 heteroatoms. The van der Waals surface area contributed by atoms with Gasteiger partial charge in [0, 0.05) is 25.1 Å². The van der Waals surface area contributed by atoms with Gasteiger partial charge in [-0.2, -0.15) is 0 Å². The van der Waals surface area contributed by atoms with Crippen molar-refractivity contribution in [1.29, 1.82) is 0 Å². The van der Waals surface area contributed by atoms with Crippen LogP contribution in [-0.2, 0) is 6.42 Å². The van der Waals surface area contributed by atoms with E-state index in [2.05, 4.69) is 11.8 Å². The average Bonchev–Trinajstić information content (AvgIpc) is 2.35. The number of halogens is 2. The molecule has 1 heterocycles. The van der Waals surface area contributed by atoms with Crippen molar-refractivity contribution in [2.45, 2.75) is 31.8 Å². The fourth-order valence-electron chi connectivity index (χ4n) is 2.49. The minimum atomic E-state index is -0.977. The van der Waals surface area contributed by atoms with Gasteiger partial charge in [0.25, 0.3) is 0 Å². The fourth-order valence-corrected chi connectivity index (χ4v) is 2.49. The van der Waals surface area contributed by atoms with Gasteiger partial charge >= 0.3 is 0 Å². The van der Waals surface area contributed by atoms with Crippen LogP contribution in [0.4, 0.5) is 8.78 Å². The summed E-state index contributed by atoms with van der Waals surface area (Å²) in [5.41, 5.74) is -0.973. The Hall–Kier alpha value is -1.00. The first kappa shape index (κ1) is 13.4. The molecule has 1 aromatic carbocycles. The largest absolute Gasteiger partial charge is 0.389 e. The van der Waals surface area contributed by atoms with Gasteiger partial charge in [0.2, 0.25) is 0 Å². The molecule has 0 radical (unpaired) electrons. The number of hydrogen-bond acceptors (Lipinski definition) is 2. The van der Waals surface area contributed by atoms with Gasteiger partial charge in [-0.1, -0.05) is 13.0 Å². The lowest BCUT2D eigenvalue weighted by atomic mass is 9.85. The number of likely N-dealkylation sites (tertiary alicyclic amines) is 1. The predicted molar refractivity (Wildman–Crippen MR) is 66.4 cm³/mol. The number of piperidine rings is 1. The smallest absolute Gasteiger partial charge is 0.129 e. The van der Waals surface area contributed by atoms with Crippen LogP contribution < -0.4 is 0 Å². The Morgan fingerprint density at radius 2 is 1.78 bits per heavy atom. The topological polar surface area (TPSA) is 23.5 Å². The molecule has 1 aliphatic rings. The zero-order valence-electron chi connectivity index (χ0n) is 10.6. The fraction of sp³-hybridized carbons (Fsp3) is 0.571. The minimum absolute atomic E-state index is 0.00458. The third-order valence-electron chi connectivity index (χ3n) is 3.80. The molecule has 2 nitrogen and oxygen atoms in total. The van der Waals surface area contributed by atoms with E-state index in [9.17, 15) is 13.9 Å². The lowest BCUT2D eigenvalue weighted by Gasteiger charge is -2.38. The Bertz CT molecular complexity index is 394. The summed E-state index contributed by atoms with van der Waals surface area (Å²) < 4.78 is 27.1. The molecule has 1 saturated heterocycles. The van der Waals surface area contributed by atoms with Crippen LogP contribution in [0.3, 0.4) is 0 Å². The SMILES string of the molecule is CCN1CCC(O)(Cc2c(F)cccc2F)CC1. The van der Waals surface area contributed by atoms with Crippen LogP contribution in [0.25, 0.3) is 0 Å². The number of aliphatic hydroxyl groups is 1. The van der Waals surface area contributed by atoms with Gasteiger partial charge in [-0.05, 0) is 31.5 Å². The Morgan fingerprint density at radius 3 is 2.28 bits per heavy atom. The predicted octanol–water partition coefficient (Wildman–Crippen LogP) is 2.35. The van der Waals surface area contributed by atoms with Crippen molar-refractivity contribution in [2.75, 3.05) is 19.6 Å². The third-order valence-corrected chi connectivity index (χ3v) is 3.80. The molecule has 0 bridgehead atoms. The van der Waals surface area contributed by atoms with Crippen molar-refractivity contribution in [2.24, 2.45) is 0 Å². The van der Waals surface area contributed by atoms with E-state index in [1.807, 2.05) is 0 Å². The monoisotopic (exact) mass is 255 g/mol. The van der Waals surface area contributed by atoms with Crippen LogP contribution in [-0.4, -0.2) is 35.2 Å². The Kier molecular flexibility index (Phi) is 3.97. The lowest BCUT2D eigenvalue weighted by molar-refractivity contribution is -0.0205. The molecule has 1 N–H and O–H groups in total. The van der Waals surface area contributed by atoms with Gasteiger partial charge in [0.1, 0.15) is 11.6 Å². The second-order valence-corrected chi connectivity index (χ2v) is 5.04. The Balaban J connectivity index is 2.09. The Morgan fingerprint density at radius 1 is 1.22 bits per heavy atom. The van der Waals surface area contributed by atoms with Gasteiger partial charge in [-0.15, -0.1) is 0 Å². The van der Waals surface area contributed by atoms with Gasteiger partial charge in [-0.3, -0.25) is 0 Å². The van der Waals surface area contributed by atoms with Crippen molar-refractivity contribution in [3.8, 4) is 0 Å². The Labute approximate surface area is 106 Å². The molecular weight excluding hydrogens is 236 g/mol. The standard InChI is InChI=1S/C14H19F2NO/c1-2-17-8-6-14(18,7-9-17)10-11-12(15)4-3-5-13(11)16/h3-5,18H,2,6-10H2,1H3. The number of rotatable bonds is 3. The minimum Gasteiger partial charge on any atom is -0.389 e. The summed E-state index contributed by atoms with van der Waals surface area (Å²) in [5.74, 6) is -1.14. The molecule has 2 rings (SSSR count). The average molecular weight is 255 g/mol. The van der Waals surface area contributed by atoms with Crippen molar-refractivity contribution in [3.63, 3.8) is 0 Å². The van der Waals surface area contributed by atoms with Crippen molar-refractivity contribution in [1.82, 2.24) is 4.90 Å². The molecule has 0 unspecified atom stereocenters. The second kappa shape index (κ2) is 5.33. The molecule has 0 spiro atoms. The van der Waals surface area contributed by atoms with E-state index in [0.717, 1.165) is 19.6 Å². The first-order chi connectivity index (χ1) is 8.54. The van der Waals surface area contributed by atoms with E-state index in [1.165, 1.54) is 18.2 Å². The van der Waals surface area contributed by atoms with Crippen LogP contribution in [0.2, 0.25) is 0 Å². The maximum absolute atomic E-state index is 13.6. The highest BCUT2D eigenvalue weighted by Crippen LogP contribution is 2.28. The summed E-state index contributed by atoms with van der Waals surface area (Å²) in [7, 11) is 0. The molecular formula is C14H19F2NO. The van der Waals surface area contributed by atoms with E-state index >= 15 is 0 Å². The molecule has 0 atom stereocenters. The first-order valence-electron chi connectivity index (χ1n) is 6.42. The zero-order chi connectivity index (χ0) is 13.2. The van der Waals surface area contributed by atoms with E-state index in [1.54, 1.807) is 0 Å². The summed E-state index contributed by atoms with van der Waals surface area (Å²) in [6.07, 6.45) is 1.19. The van der Waals surface area contributed by atoms with Gasteiger partial charge < -0.3 is 10.0 Å². The maximum atomic E-state index is 13.6. The van der Waals surface area contributed by atoms with Crippen LogP contribution in [0.5, 0.6) is 0 Å². The summed E-state index contributed by atoms with van der Waals surface area (Å²) in [6.45, 7) is 4.58. The molecule has 1 aliphatic heterocycles. The van der Waals surface area contributed by atoms with Crippen LogP contribution in [0, 0.1) is 11.6 Å². The summed E-state index contributed by atoms with van der Waals surface area (Å²) in [4.78, 5) is 2.23. The highest BCUT2D eigenvalue weighted by Gasteiger charge is 2.33. The van der Waals surface area contributed by atoms with Crippen LogP contribution in [0.1, 0.15) is 25.3 Å². The number of hydrogen-bond donors (Lipinski definition) is 1.